The predicted molar refractivity (Wildman–Crippen MR) is 110 cm³/mol. The van der Waals surface area contributed by atoms with Crippen LogP contribution in [-0.4, -0.2) is 40.2 Å². The smallest absolute Gasteiger partial charge is 0.262 e. The van der Waals surface area contributed by atoms with E-state index in [1.54, 1.807) is 11.6 Å². The molecule has 150 valence electrons. The van der Waals surface area contributed by atoms with Crippen molar-refractivity contribution < 1.29 is 9.59 Å². The summed E-state index contributed by atoms with van der Waals surface area (Å²) >= 11 is 1.39. The standard InChI is InChI=1S/C18H27N5O2S.ClH/c1-10-13-8-15(26-18(13)23(3)22-10)17(25)20-11(2)16(24)21-14-7-5-4-6-12(14)9-19;/h8,11-12,14H,4-7,9,19H2,1-3H3,(H,20,25)(H,21,24);1H. The van der Waals surface area contributed by atoms with Crippen LogP contribution in [0.3, 0.4) is 0 Å². The molecule has 0 spiro atoms. The van der Waals surface area contributed by atoms with Gasteiger partial charge in [-0.1, -0.05) is 12.8 Å². The second-order valence-electron chi connectivity index (χ2n) is 7.13. The van der Waals surface area contributed by atoms with Crippen molar-refractivity contribution in [3.8, 4) is 0 Å². The molecule has 1 fully saturated rings. The fourth-order valence-corrected chi connectivity index (χ4v) is 4.66. The quantitative estimate of drug-likeness (QED) is 0.698. The number of aryl methyl sites for hydroxylation is 2. The molecule has 2 amide bonds. The Hall–Kier alpha value is -1.64. The van der Waals surface area contributed by atoms with Crippen molar-refractivity contribution in [1.29, 1.82) is 0 Å². The fraction of sp³-hybridized carbons (Fsp3) is 0.611. The largest absolute Gasteiger partial charge is 0.351 e. The van der Waals surface area contributed by atoms with Gasteiger partial charge in [0.05, 0.1) is 10.6 Å². The van der Waals surface area contributed by atoms with E-state index in [9.17, 15) is 9.59 Å². The summed E-state index contributed by atoms with van der Waals surface area (Å²) in [5.74, 6) is -0.0522. The van der Waals surface area contributed by atoms with Crippen LogP contribution in [0.25, 0.3) is 10.2 Å². The highest BCUT2D eigenvalue weighted by molar-refractivity contribution is 7.20. The number of hydrogen-bond donors (Lipinski definition) is 3. The Morgan fingerprint density at radius 3 is 2.78 bits per heavy atom. The van der Waals surface area contributed by atoms with Crippen molar-refractivity contribution in [2.45, 2.75) is 51.6 Å². The number of rotatable bonds is 5. The third-order valence-electron chi connectivity index (χ3n) is 5.20. The molecular weight excluding hydrogens is 386 g/mol. The molecule has 2 aromatic rings. The molecule has 3 atom stereocenters. The zero-order valence-corrected chi connectivity index (χ0v) is 17.6. The van der Waals surface area contributed by atoms with E-state index in [2.05, 4.69) is 15.7 Å². The monoisotopic (exact) mass is 413 g/mol. The molecule has 27 heavy (non-hydrogen) atoms. The van der Waals surface area contributed by atoms with Crippen LogP contribution in [-0.2, 0) is 11.8 Å². The number of carbonyl (C=O) groups excluding carboxylic acids is 2. The molecule has 0 saturated heterocycles. The van der Waals surface area contributed by atoms with Gasteiger partial charge in [0.25, 0.3) is 5.91 Å². The highest BCUT2D eigenvalue weighted by Crippen LogP contribution is 2.27. The van der Waals surface area contributed by atoms with Crippen LogP contribution in [0.15, 0.2) is 6.07 Å². The van der Waals surface area contributed by atoms with Crippen LogP contribution in [0, 0.1) is 12.8 Å². The van der Waals surface area contributed by atoms with Crippen LogP contribution < -0.4 is 16.4 Å². The second kappa shape index (κ2) is 9.03. The van der Waals surface area contributed by atoms with Gasteiger partial charge in [-0.15, -0.1) is 23.7 Å². The number of nitrogens with one attached hydrogen (secondary N) is 2. The van der Waals surface area contributed by atoms with Gasteiger partial charge in [0.15, 0.2) is 0 Å². The van der Waals surface area contributed by atoms with Gasteiger partial charge >= 0.3 is 0 Å². The number of nitrogens with two attached hydrogens (primary N) is 1. The molecule has 2 aromatic heterocycles. The molecule has 0 aromatic carbocycles. The van der Waals surface area contributed by atoms with Crippen LogP contribution >= 0.6 is 23.7 Å². The molecule has 3 unspecified atom stereocenters. The lowest BCUT2D eigenvalue weighted by molar-refractivity contribution is -0.123. The van der Waals surface area contributed by atoms with E-state index in [1.165, 1.54) is 17.8 Å². The van der Waals surface area contributed by atoms with Crippen LogP contribution in [0.2, 0.25) is 0 Å². The Bertz CT molecular complexity index is 784. The summed E-state index contributed by atoms with van der Waals surface area (Å²) in [6.45, 7) is 4.22. The molecule has 1 saturated carbocycles. The van der Waals surface area contributed by atoms with Crippen molar-refractivity contribution in [2.24, 2.45) is 18.7 Å². The normalized spacial score (nSPS) is 20.7. The number of amides is 2. The minimum absolute atomic E-state index is 0. The summed E-state index contributed by atoms with van der Waals surface area (Å²) in [4.78, 5) is 26.6. The lowest BCUT2D eigenvalue weighted by atomic mass is 9.84. The molecule has 1 aliphatic rings. The lowest BCUT2D eigenvalue weighted by Gasteiger charge is -2.32. The molecule has 9 heteroatoms. The maximum atomic E-state index is 12.5. The maximum Gasteiger partial charge on any atom is 0.262 e. The molecule has 1 aliphatic carbocycles. The molecule has 0 bridgehead atoms. The van der Waals surface area contributed by atoms with Gasteiger partial charge in [-0.05, 0) is 45.2 Å². The number of aromatic nitrogens is 2. The van der Waals surface area contributed by atoms with Crippen LogP contribution in [0.4, 0.5) is 0 Å². The number of fused-ring (bicyclic) bond motifs is 1. The summed E-state index contributed by atoms with van der Waals surface area (Å²) in [5, 5.41) is 11.2. The van der Waals surface area contributed by atoms with Crippen molar-refractivity contribution in [2.75, 3.05) is 6.54 Å². The van der Waals surface area contributed by atoms with E-state index in [-0.39, 0.29) is 30.3 Å². The molecule has 0 aliphatic heterocycles. The van der Waals surface area contributed by atoms with E-state index in [1.807, 2.05) is 20.0 Å². The Balaban J connectivity index is 0.00000261. The van der Waals surface area contributed by atoms with Crippen molar-refractivity contribution in [3.05, 3.63) is 16.6 Å². The van der Waals surface area contributed by atoms with Gasteiger partial charge < -0.3 is 16.4 Å². The van der Waals surface area contributed by atoms with E-state index in [0.29, 0.717) is 17.3 Å². The summed E-state index contributed by atoms with van der Waals surface area (Å²) in [5.41, 5.74) is 6.72. The van der Waals surface area contributed by atoms with Gasteiger partial charge in [0.2, 0.25) is 5.91 Å². The Kier molecular flexibility index (Phi) is 7.25. The zero-order valence-electron chi connectivity index (χ0n) is 15.9. The number of halogens is 1. The van der Waals surface area contributed by atoms with Crippen molar-refractivity contribution in [3.63, 3.8) is 0 Å². The Labute approximate surface area is 169 Å². The second-order valence-corrected chi connectivity index (χ2v) is 8.16. The SMILES string of the molecule is Cc1nn(C)c2sc(C(=O)NC(C)C(=O)NC3CCCCC3CN)cc12.Cl. The average molecular weight is 414 g/mol. The third-order valence-corrected chi connectivity index (χ3v) is 6.40. The molecule has 3 rings (SSSR count). The minimum atomic E-state index is -0.590. The topological polar surface area (TPSA) is 102 Å². The molecule has 7 nitrogen and oxygen atoms in total. The van der Waals surface area contributed by atoms with Gasteiger partial charge in [0, 0.05) is 18.5 Å². The third kappa shape index (κ3) is 4.62. The maximum absolute atomic E-state index is 12.5. The van der Waals surface area contributed by atoms with Crippen LogP contribution in [0.5, 0.6) is 0 Å². The van der Waals surface area contributed by atoms with Crippen LogP contribution in [0.1, 0.15) is 48.0 Å². The number of nitrogens with zero attached hydrogens (tertiary/aromatic N) is 2. The first-order chi connectivity index (χ1) is 12.4. The first-order valence-corrected chi connectivity index (χ1v) is 9.96. The molecule has 2 heterocycles. The Morgan fingerprint density at radius 2 is 2.11 bits per heavy atom. The van der Waals surface area contributed by atoms with Gasteiger partial charge in [-0.25, -0.2) is 0 Å². The minimum Gasteiger partial charge on any atom is -0.351 e. The summed E-state index contributed by atoms with van der Waals surface area (Å²) in [6, 6.07) is 1.36. The van der Waals surface area contributed by atoms with Gasteiger partial charge in [-0.3, -0.25) is 14.3 Å². The predicted octanol–water partition coefficient (Wildman–Crippen LogP) is 2.12. The van der Waals surface area contributed by atoms with Crippen molar-refractivity contribution in [1.82, 2.24) is 20.4 Å². The van der Waals surface area contributed by atoms with Crippen molar-refractivity contribution >= 4 is 45.8 Å². The molecular formula is C18H28ClN5O2S. The first kappa shape index (κ1) is 21.7. The van der Waals surface area contributed by atoms with E-state index >= 15 is 0 Å². The zero-order chi connectivity index (χ0) is 18.8. The first-order valence-electron chi connectivity index (χ1n) is 9.15. The summed E-state index contributed by atoms with van der Waals surface area (Å²) in [6.07, 6.45) is 4.28. The number of carbonyl (C=O) groups is 2. The molecule has 4 N–H and O–H groups in total. The molecule has 0 radical (unpaired) electrons. The van der Waals surface area contributed by atoms with E-state index in [0.717, 1.165) is 35.2 Å². The van der Waals surface area contributed by atoms with Gasteiger partial charge in [-0.2, -0.15) is 5.10 Å². The summed E-state index contributed by atoms with van der Waals surface area (Å²) < 4.78 is 1.78. The fourth-order valence-electron chi connectivity index (χ4n) is 3.64. The Morgan fingerprint density at radius 1 is 1.41 bits per heavy atom. The van der Waals surface area contributed by atoms with E-state index < -0.39 is 6.04 Å². The number of thiophene rings is 1. The highest BCUT2D eigenvalue weighted by atomic mass is 35.5. The summed E-state index contributed by atoms with van der Waals surface area (Å²) in [7, 11) is 1.86. The van der Waals surface area contributed by atoms with E-state index in [4.69, 9.17) is 5.73 Å². The lowest BCUT2D eigenvalue weighted by Crippen LogP contribution is -2.51. The highest BCUT2D eigenvalue weighted by Gasteiger charge is 2.27. The average Bonchev–Trinajstić information content (AvgIpc) is 3.17. The number of hydrogen-bond acceptors (Lipinski definition) is 5. The van der Waals surface area contributed by atoms with Gasteiger partial charge in [0.1, 0.15) is 10.9 Å².